The quantitative estimate of drug-likeness (QED) is 0.528. The van der Waals surface area contributed by atoms with E-state index in [1.165, 1.54) is 53.9 Å². The number of nitrogens with two attached hydrogens (primary N) is 1. The van der Waals surface area contributed by atoms with Crippen molar-refractivity contribution in [3.05, 3.63) is 53.6 Å². The maximum absolute atomic E-state index is 12.9. The van der Waals surface area contributed by atoms with Crippen LogP contribution in [0.25, 0.3) is 0 Å². The molecular weight excluding hydrogens is 424 g/mol. The third kappa shape index (κ3) is 5.04. The van der Waals surface area contributed by atoms with Gasteiger partial charge in [0.05, 0.1) is 35.3 Å². The number of primary amides is 1. The van der Waals surface area contributed by atoms with E-state index in [2.05, 4.69) is 0 Å². The summed E-state index contributed by atoms with van der Waals surface area (Å²) in [7, 11) is -2.30. The molecule has 2 N–H and O–H groups in total. The fourth-order valence-electron chi connectivity index (χ4n) is 3.32. The Kier molecular flexibility index (Phi) is 6.63. The van der Waals surface area contributed by atoms with Crippen LogP contribution < -0.4 is 15.2 Å². The zero-order valence-electron chi connectivity index (χ0n) is 17.4. The van der Waals surface area contributed by atoms with Gasteiger partial charge in [-0.2, -0.15) is 4.31 Å². The fourth-order valence-corrected chi connectivity index (χ4v) is 4.91. The number of hydrogen-bond donors (Lipinski definition) is 1. The Hall–Kier alpha value is -2.95. The van der Waals surface area contributed by atoms with Gasteiger partial charge >= 0.3 is 5.97 Å². The van der Waals surface area contributed by atoms with Gasteiger partial charge < -0.3 is 19.9 Å². The van der Waals surface area contributed by atoms with Gasteiger partial charge in [0.15, 0.2) is 0 Å². The van der Waals surface area contributed by atoms with Crippen molar-refractivity contribution in [1.29, 1.82) is 0 Å². The summed E-state index contributed by atoms with van der Waals surface area (Å²) in [6.45, 7) is 4.14. The molecule has 166 valence electrons. The number of carbonyl (C=O) groups is 2. The Morgan fingerprint density at radius 3 is 2.23 bits per heavy atom. The van der Waals surface area contributed by atoms with Crippen molar-refractivity contribution in [3.8, 4) is 11.5 Å². The van der Waals surface area contributed by atoms with Crippen molar-refractivity contribution in [2.45, 2.75) is 31.0 Å². The summed E-state index contributed by atoms with van der Waals surface area (Å²) in [5.74, 6) is -1.21. The van der Waals surface area contributed by atoms with Crippen molar-refractivity contribution in [2.75, 3.05) is 20.2 Å². The van der Waals surface area contributed by atoms with E-state index in [9.17, 15) is 18.0 Å². The molecule has 0 saturated carbocycles. The third-order valence-corrected chi connectivity index (χ3v) is 6.62. The molecule has 2 atom stereocenters. The number of rotatable bonds is 6. The number of benzene rings is 2. The molecule has 2 aromatic carbocycles. The lowest BCUT2D eigenvalue weighted by Crippen LogP contribution is -2.48. The van der Waals surface area contributed by atoms with Crippen molar-refractivity contribution in [3.63, 3.8) is 0 Å². The second-order valence-electron chi connectivity index (χ2n) is 7.22. The van der Waals surface area contributed by atoms with Crippen molar-refractivity contribution >= 4 is 21.9 Å². The fraction of sp³-hybridized carbons (Fsp3) is 0.333. The van der Waals surface area contributed by atoms with Gasteiger partial charge in [-0.05, 0) is 50.2 Å². The molecule has 1 heterocycles. The summed E-state index contributed by atoms with van der Waals surface area (Å²) < 4.78 is 43.2. The van der Waals surface area contributed by atoms with E-state index in [-0.39, 0.29) is 47.1 Å². The van der Waals surface area contributed by atoms with Gasteiger partial charge in [-0.1, -0.05) is 0 Å². The van der Waals surface area contributed by atoms with Crippen LogP contribution in [0.5, 0.6) is 11.5 Å². The first-order valence-corrected chi connectivity index (χ1v) is 11.0. The molecule has 0 aliphatic carbocycles. The summed E-state index contributed by atoms with van der Waals surface area (Å²) in [4.78, 5) is 24.2. The monoisotopic (exact) mass is 448 g/mol. The molecule has 0 radical (unpaired) electrons. The topological polar surface area (TPSA) is 125 Å². The number of carbonyl (C=O) groups excluding carboxylic acids is 2. The molecule has 10 heteroatoms. The minimum absolute atomic E-state index is 0.0175. The first kappa shape index (κ1) is 22.7. The van der Waals surface area contributed by atoms with Gasteiger partial charge in [0.1, 0.15) is 11.5 Å². The standard InChI is InChI=1S/C21H24N2O7S/c1-13-11-23(12-14(2)29-13)31(26,27)17-7-4-15(5-8-17)21(25)30-19-10-16(28-3)6-9-18(19)20(22)24/h4-10,13-14H,11-12H2,1-3H3,(H2,22,24). The Labute approximate surface area is 180 Å². The van der Waals surface area contributed by atoms with Crippen molar-refractivity contribution in [1.82, 2.24) is 4.31 Å². The highest BCUT2D eigenvalue weighted by molar-refractivity contribution is 7.89. The van der Waals surface area contributed by atoms with E-state index < -0.39 is 21.9 Å². The molecule has 0 bridgehead atoms. The molecule has 1 amide bonds. The van der Waals surface area contributed by atoms with Crippen molar-refractivity contribution < 1.29 is 32.2 Å². The van der Waals surface area contributed by atoms with Crippen molar-refractivity contribution in [2.24, 2.45) is 5.73 Å². The highest BCUT2D eigenvalue weighted by Crippen LogP contribution is 2.26. The summed E-state index contributed by atoms with van der Waals surface area (Å²) in [6, 6.07) is 9.68. The molecule has 1 fully saturated rings. The Morgan fingerprint density at radius 1 is 1.06 bits per heavy atom. The molecule has 1 saturated heterocycles. The van der Waals surface area contributed by atoms with Crippen LogP contribution in [0.15, 0.2) is 47.4 Å². The summed E-state index contributed by atoms with van der Waals surface area (Å²) >= 11 is 0. The van der Waals surface area contributed by atoms with Crippen LogP contribution >= 0.6 is 0 Å². The predicted octanol–water partition coefficient (Wildman–Crippen LogP) is 1.81. The van der Waals surface area contributed by atoms with Gasteiger partial charge in [-0.25, -0.2) is 13.2 Å². The molecule has 0 spiro atoms. The Bertz CT molecular complexity index is 1070. The normalized spacial score (nSPS) is 19.6. The number of morpholine rings is 1. The second-order valence-corrected chi connectivity index (χ2v) is 9.16. The number of methoxy groups -OCH3 is 1. The molecule has 1 aliphatic heterocycles. The number of hydrogen-bond acceptors (Lipinski definition) is 7. The van der Waals surface area contributed by atoms with E-state index in [1.807, 2.05) is 13.8 Å². The lowest BCUT2D eigenvalue weighted by atomic mass is 10.1. The lowest BCUT2D eigenvalue weighted by Gasteiger charge is -2.34. The van der Waals surface area contributed by atoms with Crippen LogP contribution in [-0.2, 0) is 14.8 Å². The van der Waals surface area contributed by atoms with Crippen LogP contribution in [0.1, 0.15) is 34.6 Å². The third-order valence-electron chi connectivity index (χ3n) is 4.77. The summed E-state index contributed by atoms with van der Waals surface area (Å²) in [5, 5.41) is 0. The smallest absolute Gasteiger partial charge is 0.343 e. The van der Waals surface area contributed by atoms with E-state index in [0.29, 0.717) is 5.75 Å². The zero-order valence-corrected chi connectivity index (χ0v) is 18.2. The SMILES string of the molecule is COc1ccc(C(N)=O)c(OC(=O)c2ccc(S(=O)(=O)N3CC(C)OC(C)C3)cc2)c1. The number of ether oxygens (including phenoxy) is 3. The Morgan fingerprint density at radius 2 is 1.68 bits per heavy atom. The Balaban J connectivity index is 1.80. The summed E-state index contributed by atoms with van der Waals surface area (Å²) in [5.41, 5.74) is 5.46. The molecule has 31 heavy (non-hydrogen) atoms. The van der Waals surface area contributed by atoms with Gasteiger partial charge in [-0.15, -0.1) is 0 Å². The van der Waals surface area contributed by atoms with E-state index in [0.717, 1.165) is 0 Å². The van der Waals surface area contributed by atoms with Crippen LogP contribution in [0.2, 0.25) is 0 Å². The average Bonchev–Trinajstić information content (AvgIpc) is 2.72. The molecule has 1 aliphatic rings. The number of amides is 1. The molecular formula is C21H24N2O7S. The first-order valence-electron chi connectivity index (χ1n) is 9.57. The maximum atomic E-state index is 12.9. The van der Waals surface area contributed by atoms with Gasteiger partial charge in [0.2, 0.25) is 10.0 Å². The van der Waals surface area contributed by atoms with Gasteiger partial charge in [-0.3, -0.25) is 4.79 Å². The van der Waals surface area contributed by atoms with E-state index >= 15 is 0 Å². The second kappa shape index (κ2) is 9.04. The highest BCUT2D eigenvalue weighted by atomic mass is 32.2. The number of nitrogens with zero attached hydrogens (tertiary/aromatic N) is 1. The van der Waals surface area contributed by atoms with E-state index in [1.54, 1.807) is 0 Å². The average molecular weight is 448 g/mol. The molecule has 2 aromatic rings. The summed E-state index contributed by atoms with van der Waals surface area (Å²) in [6.07, 6.45) is -0.426. The van der Waals surface area contributed by atoms with Gasteiger partial charge in [0, 0.05) is 19.2 Å². The largest absolute Gasteiger partial charge is 0.497 e. The van der Waals surface area contributed by atoms with Crippen LogP contribution in [0.4, 0.5) is 0 Å². The van der Waals surface area contributed by atoms with Crippen LogP contribution in [-0.4, -0.2) is 57.0 Å². The van der Waals surface area contributed by atoms with Gasteiger partial charge in [0.25, 0.3) is 5.91 Å². The maximum Gasteiger partial charge on any atom is 0.343 e. The number of sulfonamides is 1. The molecule has 0 aromatic heterocycles. The minimum atomic E-state index is -3.73. The van der Waals surface area contributed by atoms with Crippen LogP contribution in [0.3, 0.4) is 0 Å². The lowest BCUT2D eigenvalue weighted by molar-refractivity contribution is -0.0440. The minimum Gasteiger partial charge on any atom is -0.497 e. The van der Waals surface area contributed by atoms with E-state index in [4.69, 9.17) is 19.9 Å². The predicted molar refractivity (Wildman–Crippen MR) is 112 cm³/mol. The molecule has 2 unspecified atom stereocenters. The zero-order chi connectivity index (χ0) is 22.8. The molecule has 3 rings (SSSR count). The first-order chi connectivity index (χ1) is 14.6. The molecule has 9 nitrogen and oxygen atoms in total. The number of esters is 1. The van der Waals surface area contributed by atoms with Crippen LogP contribution in [0, 0.1) is 0 Å². The highest BCUT2D eigenvalue weighted by Gasteiger charge is 2.32.